The molecular formula is C22H21N3O3S. The lowest BCUT2D eigenvalue weighted by Gasteiger charge is -2.40. The SMILES string of the molecule is NC(=O)C1(Cc2ccc(-c3cccs3)cc2)CN(C(=O)c2ccncc2)CCO1. The number of aromatic nitrogens is 1. The molecule has 148 valence electrons. The highest BCUT2D eigenvalue weighted by atomic mass is 32.1. The van der Waals surface area contributed by atoms with Gasteiger partial charge in [0, 0.05) is 35.8 Å². The molecule has 0 radical (unpaired) electrons. The van der Waals surface area contributed by atoms with Crippen molar-refractivity contribution in [2.24, 2.45) is 5.73 Å². The van der Waals surface area contributed by atoms with Crippen LogP contribution in [0.5, 0.6) is 0 Å². The van der Waals surface area contributed by atoms with Gasteiger partial charge in [-0.3, -0.25) is 14.6 Å². The van der Waals surface area contributed by atoms with Gasteiger partial charge in [0.25, 0.3) is 11.8 Å². The van der Waals surface area contributed by atoms with Crippen molar-refractivity contribution in [1.29, 1.82) is 0 Å². The van der Waals surface area contributed by atoms with E-state index in [1.807, 2.05) is 35.7 Å². The highest BCUT2D eigenvalue weighted by Crippen LogP contribution is 2.28. The normalized spacial score (nSPS) is 19.1. The highest BCUT2D eigenvalue weighted by Gasteiger charge is 2.43. The molecule has 1 aromatic carbocycles. The third-order valence-electron chi connectivity index (χ3n) is 5.10. The number of rotatable bonds is 5. The quantitative estimate of drug-likeness (QED) is 0.705. The van der Waals surface area contributed by atoms with E-state index in [1.54, 1.807) is 40.8 Å². The number of benzene rings is 1. The summed E-state index contributed by atoms with van der Waals surface area (Å²) in [4.78, 5) is 32.0. The summed E-state index contributed by atoms with van der Waals surface area (Å²) >= 11 is 1.68. The first-order valence-corrected chi connectivity index (χ1v) is 10.2. The Balaban J connectivity index is 1.54. The van der Waals surface area contributed by atoms with Crippen molar-refractivity contribution in [2.75, 3.05) is 19.7 Å². The maximum atomic E-state index is 12.8. The molecule has 2 aromatic heterocycles. The molecule has 1 unspecified atom stereocenters. The average Bonchev–Trinajstić information content (AvgIpc) is 3.29. The topological polar surface area (TPSA) is 85.5 Å². The van der Waals surface area contributed by atoms with Gasteiger partial charge >= 0.3 is 0 Å². The predicted octanol–water partition coefficient (Wildman–Crippen LogP) is 2.75. The molecule has 1 aliphatic heterocycles. The van der Waals surface area contributed by atoms with E-state index in [1.165, 1.54) is 4.88 Å². The van der Waals surface area contributed by atoms with E-state index in [-0.39, 0.29) is 19.1 Å². The fourth-order valence-electron chi connectivity index (χ4n) is 3.54. The first-order valence-electron chi connectivity index (χ1n) is 9.33. The van der Waals surface area contributed by atoms with E-state index in [0.717, 1.165) is 11.1 Å². The lowest BCUT2D eigenvalue weighted by Crippen LogP contribution is -2.61. The largest absolute Gasteiger partial charge is 0.367 e. The summed E-state index contributed by atoms with van der Waals surface area (Å²) in [6, 6.07) is 15.4. The first-order chi connectivity index (χ1) is 14.1. The van der Waals surface area contributed by atoms with Crippen LogP contribution >= 0.6 is 11.3 Å². The Labute approximate surface area is 172 Å². The van der Waals surface area contributed by atoms with Crippen LogP contribution < -0.4 is 5.73 Å². The fraction of sp³-hybridized carbons (Fsp3) is 0.227. The number of nitrogens with zero attached hydrogens (tertiary/aromatic N) is 2. The fourth-order valence-corrected chi connectivity index (χ4v) is 4.27. The van der Waals surface area contributed by atoms with Gasteiger partial charge in [0.1, 0.15) is 0 Å². The Bertz CT molecular complexity index is 990. The van der Waals surface area contributed by atoms with Crippen LogP contribution in [-0.2, 0) is 16.0 Å². The molecule has 0 saturated carbocycles. The Morgan fingerprint density at radius 1 is 1.14 bits per heavy atom. The van der Waals surface area contributed by atoms with E-state index >= 15 is 0 Å². The molecule has 1 fully saturated rings. The van der Waals surface area contributed by atoms with Gasteiger partial charge in [0.15, 0.2) is 5.60 Å². The lowest BCUT2D eigenvalue weighted by molar-refractivity contribution is -0.153. The van der Waals surface area contributed by atoms with Crippen molar-refractivity contribution in [1.82, 2.24) is 9.88 Å². The number of hydrogen-bond acceptors (Lipinski definition) is 5. The summed E-state index contributed by atoms with van der Waals surface area (Å²) in [6.45, 7) is 0.788. The molecule has 1 atom stereocenters. The van der Waals surface area contributed by atoms with Gasteiger partial charge in [-0.1, -0.05) is 30.3 Å². The number of primary amides is 1. The van der Waals surface area contributed by atoms with Crippen LogP contribution in [-0.4, -0.2) is 47.0 Å². The molecule has 0 bridgehead atoms. The molecule has 1 aliphatic rings. The number of carbonyl (C=O) groups is 2. The summed E-state index contributed by atoms with van der Waals surface area (Å²) in [7, 11) is 0. The third kappa shape index (κ3) is 4.06. The Hall–Kier alpha value is -3.03. The van der Waals surface area contributed by atoms with Gasteiger partial charge < -0.3 is 15.4 Å². The summed E-state index contributed by atoms with van der Waals surface area (Å²) in [5.41, 5.74) is 7.09. The van der Waals surface area contributed by atoms with Crippen molar-refractivity contribution in [3.63, 3.8) is 0 Å². The van der Waals surface area contributed by atoms with E-state index < -0.39 is 11.5 Å². The second-order valence-corrected chi connectivity index (χ2v) is 7.97. The minimum atomic E-state index is -1.24. The number of morpholine rings is 1. The van der Waals surface area contributed by atoms with Crippen molar-refractivity contribution in [3.05, 3.63) is 77.4 Å². The van der Waals surface area contributed by atoms with Gasteiger partial charge in [-0.05, 0) is 34.7 Å². The van der Waals surface area contributed by atoms with E-state index in [9.17, 15) is 9.59 Å². The van der Waals surface area contributed by atoms with Crippen molar-refractivity contribution in [3.8, 4) is 10.4 Å². The minimum Gasteiger partial charge on any atom is -0.367 e. The molecule has 0 spiro atoms. The number of ether oxygens (including phenoxy) is 1. The average molecular weight is 407 g/mol. The molecule has 1 saturated heterocycles. The molecule has 2 amide bonds. The van der Waals surface area contributed by atoms with E-state index in [0.29, 0.717) is 18.5 Å². The van der Waals surface area contributed by atoms with Crippen molar-refractivity contribution in [2.45, 2.75) is 12.0 Å². The number of amides is 2. The molecule has 7 heteroatoms. The summed E-state index contributed by atoms with van der Waals surface area (Å²) in [6.07, 6.45) is 3.46. The monoisotopic (exact) mass is 407 g/mol. The lowest BCUT2D eigenvalue weighted by atomic mass is 9.91. The van der Waals surface area contributed by atoms with Crippen LogP contribution in [0.4, 0.5) is 0 Å². The predicted molar refractivity (Wildman–Crippen MR) is 111 cm³/mol. The summed E-state index contributed by atoms with van der Waals surface area (Å²) in [5, 5.41) is 2.04. The summed E-state index contributed by atoms with van der Waals surface area (Å²) < 4.78 is 5.87. The maximum absolute atomic E-state index is 12.8. The number of nitrogens with two attached hydrogens (primary N) is 1. The van der Waals surface area contributed by atoms with Gasteiger partial charge in [0.05, 0.1) is 13.2 Å². The number of carbonyl (C=O) groups excluding carboxylic acids is 2. The number of pyridine rings is 1. The molecule has 4 rings (SSSR count). The Kier molecular flexibility index (Phi) is 5.42. The van der Waals surface area contributed by atoms with Crippen LogP contribution in [0.15, 0.2) is 66.3 Å². The zero-order valence-electron chi connectivity index (χ0n) is 15.8. The molecule has 2 N–H and O–H groups in total. The summed E-state index contributed by atoms with van der Waals surface area (Å²) in [5.74, 6) is -0.721. The Morgan fingerprint density at radius 2 is 1.90 bits per heavy atom. The van der Waals surface area contributed by atoms with Crippen LogP contribution in [0, 0.1) is 0 Å². The first kappa shape index (κ1) is 19.3. The Morgan fingerprint density at radius 3 is 2.55 bits per heavy atom. The number of thiophene rings is 1. The maximum Gasteiger partial charge on any atom is 0.254 e. The standard InChI is InChI=1S/C22H21N3O3S/c23-21(27)22(14-16-3-5-17(6-4-16)19-2-1-13-29-19)15-25(11-12-28-22)20(26)18-7-9-24-10-8-18/h1-10,13H,11-12,14-15H2,(H2,23,27). The molecular weight excluding hydrogens is 386 g/mol. The van der Waals surface area contributed by atoms with Gasteiger partial charge in [0.2, 0.25) is 0 Å². The zero-order valence-corrected chi connectivity index (χ0v) is 16.6. The third-order valence-corrected chi connectivity index (χ3v) is 6.02. The van der Waals surface area contributed by atoms with Crippen molar-refractivity contribution < 1.29 is 14.3 Å². The zero-order chi connectivity index (χ0) is 20.3. The molecule has 29 heavy (non-hydrogen) atoms. The molecule has 3 aromatic rings. The van der Waals surface area contributed by atoms with Gasteiger partial charge in [-0.2, -0.15) is 0 Å². The van der Waals surface area contributed by atoms with Crippen LogP contribution in [0.3, 0.4) is 0 Å². The van der Waals surface area contributed by atoms with Gasteiger partial charge in [-0.15, -0.1) is 11.3 Å². The number of hydrogen-bond donors (Lipinski definition) is 1. The highest BCUT2D eigenvalue weighted by molar-refractivity contribution is 7.13. The van der Waals surface area contributed by atoms with Crippen LogP contribution in [0.25, 0.3) is 10.4 Å². The second-order valence-electron chi connectivity index (χ2n) is 7.02. The minimum absolute atomic E-state index is 0.121. The molecule has 0 aliphatic carbocycles. The molecule has 3 heterocycles. The smallest absolute Gasteiger partial charge is 0.254 e. The van der Waals surface area contributed by atoms with Crippen LogP contribution in [0.2, 0.25) is 0 Å². The van der Waals surface area contributed by atoms with E-state index in [4.69, 9.17) is 10.5 Å². The second kappa shape index (κ2) is 8.14. The van der Waals surface area contributed by atoms with Crippen molar-refractivity contribution >= 4 is 23.2 Å². The van der Waals surface area contributed by atoms with Gasteiger partial charge in [-0.25, -0.2) is 0 Å². The van der Waals surface area contributed by atoms with Crippen LogP contribution in [0.1, 0.15) is 15.9 Å². The van der Waals surface area contributed by atoms with E-state index in [2.05, 4.69) is 11.1 Å². The molecule has 6 nitrogen and oxygen atoms in total.